The highest BCUT2D eigenvalue weighted by Gasteiger charge is 2.09. The topological polar surface area (TPSA) is 32.3 Å². The highest BCUT2D eigenvalue weighted by atomic mass is 19.1. The van der Waals surface area contributed by atoms with Crippen LogP contribution >= 0.6 is 0 Å². The molecule has 0 amide bonds. The van der Waals surface area contributed by atoms with E-state index in [-0.39, 0.29) is 6.54 Å². The molecule has 0 saturated heterocycles. The van der Waals surface area contributed by atoms with E-state index in [2.05, 4.69) is 5.32 Å². The van der Waals surface area contributed by atoms with Gasteiger partial charge in [-0.3, -0.25) is 0 Å². The summed E-state index contributed by atoms with van der Waals surface area (Å²) in [5, 5.41) is 11.9. The molecule has 2 N–H and O–H groups in total. The van der Waals surface area contributed by atoms with Crippen LogP contribution < -0.4 is 5.32 Å². The summed E-state index contributed by atoms with van der Waals surface area (Å²) in [4.78, 5) is 0. The van der Waals surface area contributed by atoms with Crippen LogP contribution in [-0.4, -0.2) is 11.7 Å². The Morgan fingerprint density at radius 1 is 0.810 bits per heavy atom. The largest absolute Gasteiger partial charge is 0.503 e. The van der Waals surface area contributed by atoms with E-state index in [0.29, 0.717) is 24.1 Å². The van der Waals surface area contributed by atoms with Crippen molar-refractivity contribution in [2.75, 3.05) is 6.54 Å². The Labute approximate surface area is 119 Å². The number of phenolic OH excluding ortho intramolecular Hbond substituents is 1. The SMILES string of the molecule is Oc1c(F)cc(CNCCc2cc(F)cc(F)c2)cc1F. The molecule has 0 heterocycles. The molecule has 0 saturated carbocycles. The number of hydrogen-bond donors (Lipinski definition) is 2. The molecule has 112 valence electrons. The van der Waals surface area contributed by atoms with Crippen molar-refractivity contribution in [3.8, 4) is 5.75 Å². The van der Waals surface area contributed by atoms with E-state index >= 15 is 0 Å². The molecule has 0 unspecified atom stereocenters. The van der Waals surface area contributed by atoms with Gasteiger partial charge in [0.1, 0.15) is 11.6 Å². The average molecular weight is 299 g/mol. The van der Waals surface area contributed by atoms with Gasteiger partial charge in [0.05, 0.1) is 0 Å². The molecule has 2 rings (SSSR count). The zero-order chi connectivity index (χ0) is 15.4. The smallest absolute Gasteiger partial charge is 0.187 e. The predicted octanol–water partition coefficient (Wildman–Crippen LogP) is 3.28. The first-order valence-corrected chi connectivity index (χ1v) is 6.28. The Hall–Kier alpha value is -2.08. The minimum atomic E-state index is -1.03. The Morgan fingerprint density at radius 3 is 1.95 bits per heavy atom. The van der Waals surface area contributed by atoms with Crippen LogP contribution in [0, 0.1) is 23.3 Å². The molecule has 0 aliphatic carbocycles. The molecule has 0 atom stereocenters. The van der Waals surface area contributed by atoms with Gasteiger partial charge in [0.2, 0.25) is 0 Å². The molecule has 0 aliphatic rings. The van der Waals surface area contributed by atoms with Crippen molar-refractivity contribution in [3.63, 3.8) is 0 Å². The maximum atomic E-state index is 13.1. The summed E-state index contributed by atoms with van der Waals surface area (Å²) >= 11 is 0. The fourth-order valence-electron chi connectivity index (χ4n) is 1.94. The summed E-state index contributed by atoms with van der Waals surface area (Å²) < 4.78 is 52.1. The Balaban J connectivity index is 1.87. The van der Waals surface area contributed by atoms with Gasteiger partial charge in [-0.1, -0.05) is 0 Å². The van der Waals surface area contributed by atoms with Gasteiger partial charge < -0.3 is 10.4 Å². The molecule has 21 heavy (non-hydrogen) atoms. The predicted molar refractivity (Wildman–Crippen MR) is 69.8 cm³/mol. The Morgan fingerprint density at radius 2 is 1.38 bits per heavy atom. The normalized spacial score (nSPS) is 10.9. The number of halogens is 4. The van der Waals surface area contributed by atoms with Crippen molar-refractivity contribution in [3.05, 3.63) is 64.7 Å². The number of hydrogen-bond acceptors (Lipinski definition) is 2. The minimum Gasteiger partial charge on any atom is -0.503 e. The molecule has 0 fully saturated rings. The van der Waals surface area contributed by atoms with E-state index in [1.54, 1.807) is 0 Å². The number of aromatic hydroxyl groups is 1. The number of rotatable bonds is 5. The Kier molecular flexibility index (Phi) is 4.80. The lowest BCUT2D eigenvalue weighted by Crippen LogP contribution is -2.17. The van der Waals surface area contributed by atoms with Crippen LogP contribution in [0.3, 0.4) is 0 Å². The van der Waals surface area contributed by atoms with Crippen LogP contribution in [0.2, 0.25) is 0 Å². The maximum Gasteiger partial charge on any atom is 0.187 e. The van der Waals surface area contributed by atoms with Gasteiger partial charge in [0.25, 0.3) is 0 Å². The van der Waals surface area contributed by atoms with Crippen molar-refractivity contribution < 1.29 is 22.7 Å². The van der Waals surface area contributed by atoms with Crippen LogP contribution in [0.1, 0.15) is 11.1 Å². The minimum absolute atomic E-state index is 0.173. The number of benzene rings is 2. The van der Waals surface area contributed by atoms with E-state index < -0.39 is 29.0 Å². The third-order valence-electron chi connectivity index (χ3n) is 2.92. The summed E-state index contributed by atoms with van der Waals surface area (Å²) in [5.41, 5.74) is 0.816. The van der Waals surface area contributed by atoms with Crippen molar-refractivity contribution in [1.29, 1.82) is 0 Å². The Bertz CT molecular complexity index is 602. The van der Waals surface area contributed by atoms with E-state index in [1.807, 2.05) is 0 Å². The lowest BCUT2D eigenvalue weighted by Gasteiger charge is -2.07. The van der Waals surface area contributed by atoms with Crippen LogP contribution in [-0.2, 0) is 13.0 Å². The monoisotopic (exact) mass is 299 g/mol. The van der Waals surface area contributed by atoms with E-state index in [1.165, 1.54) is 12.1 Å². The van der Waals surface area contributed by atoms with E-state index in [4.69, 9.17) is 5.11 Å². The van der Waals surface area contributed by atoms with Crippen molar-refractivity contribution in [2.24, 2.45) is 0 Å². The summed E-state index contributed by atoms with van der Waals surface area (Å²) in [5.74, 6) is -4.35. The summed E-state index contributed by atoms with van der Waals surface area (Å²) in [6.45, 7) is 0.554. The van der Waals surface area contributed by atoms with Crippen molar-refractivity contribution in [2.45, 2.75) is 13.0 Å². The van der Waals surface area contributed by atoms with Crippen LogP contribution in [0.25, 0.3) is 0 Å². The average Bonchev–Trinajstić information content (AvgIpc) is 2.40. The maximum absolute atomic E-state index is 13.1. The third-order valence-corrected chi connectivity index (χ3v) is 2.92. The number of phenols is 1. The lowest BCUT2D eigenvalue weighted by molar-refractivity contribution is 0.395. The second-order valence-corrected chi connectivity index (χ2v) is 4.61. The molecule has 0 radical (unpaired) electrons. The van der Waals surface area contributed by atoms with Gasteiger partial charge >= 0.3 is 0 Å². The summed E-state index contributed by atoms with van der Waals surface area (Å²) in [6.07, 6.45) is 0.373. The first-order chi connectivity index (χ1) is 9.95. The molecular formula is C15H13F4NO. The lowest BCUT2D eigenvalue weighted by atomic mass is 10.1. The van der Waals surface area contributed by atoms with Gasteiger partial charge in [-0.25, -0.2) is 17.6 Å². The standard InChI is InChI=1S/C15H13F4NO/c16-11-3-9(4-12(17)7-11)1-2-20-8-10-5-13(18)15(21)14(19)6-10/h3-7,20-21H,1-2,8H2. The molecule has 0 aromatic heterocycles. The summed E-state index contributed by atoms with van der Waals surface area (Å²) in [6, 6.07) is 5.29. The molecular weight excluding hydrogens is 286 g/mol. The van der Waals surface area contributed by atoms with Crippen molar-refractivity contribution >= 4 is 0 Å². The van der Waals surface area contributed by atoms with E-state index in [9.17, 15) is 17.6 Å². The summed E-state index contributed by atoms with van der Waals surface area (Å²) in [7, 11) is 0. The van der Waals surface area contributed by atoms with Gasteiger partial charge in [-0.15, -0.1) is 0 Å². The molecule has 2 nitrogen and oxygen atoms in total. The fraction of sp³-hybridized carbons (Fsp3) is 0.200. The van der Waals surface area contributed by atoms with Gasteiger partial charge in [-0.05, 0) is 48.4 Å². The second kappa shape index (κ2) is 6.58. The van der Waals surface area contributed by atoms with Crippen LogP contribution in [0.4, 0.5) is 17.6 Å². The molecule has 6 heteroatoms. The van der Waals surface area contributed by atoms with E-state index in [0.717, 1.165) is 18.2 Å². The number of nitrogens with one attached hydrogen (secondary N) is 1. The fourth-order valence-corrected chi connectivity index (χ4v) is 1.94. The second-order valence-electron chi connectivity index (χ2n) is 4.61. The van der Waals surface area contributed by atoms with Crippen LogP contribution in [0.15, 0.2) is 30.3 Å². The van der Waals surface area contributed by atoms with Crippen molar-refractivity contribution in [1.82, 2.24) is 5.32 Å². The van der Waals surface area contributed by atoms with Gasteiger partial charge in [0.15, 0.2) is 17.4 Å². The van der Waals surface area contributed by atoms with Crippen LogP contribution in [0.5, 0.6) is 5.75 Å². The first-order valence-electron chi connectivity index (χ1n) is 6.28. The highest BCUT2D eigenvalue weighted by Crippen LogP contribution is 2.21. The molecule has 0 aliphatic heterocycles. The quantitative estimate of drug-likeness (QED) is 0.656. The zero-order valence-corrected chi connectivity index (χ0v) is 11.0. The zero-order valence-electron chi connectivity index (χ0n) is 11.0. The molecule has 0 spiro atoms. The molecule has 0 bridgehead atoms. The molecule has 2 aromatic rings. The first kappa shape index (κ1) is 15.3. The van der Waals surface area contributed by atoms with Gasteiger partial charge in [-0.2, -0.15) is 0 Å². The molecule has 2 aromatic carbocycles. The third kappa shape index (κ3) is 4.19. The van der Waals surface area contributed by atoms with Gasteiger partial charge in [0, 0.05) is 12.6 Å². The highest BCUT2D eigenvalue weighted by molar-refractivity contribution is 5.30.